The molecule has 3 aliphatic heterocycles. The highest BCUT2D eigenvalue weighted by Crippen LogP contribution is 2.60. The van der Waals surface area contributed by atoms with Crippen LogP contribution in [-0.4, -0.2) is 41.5 Å². The third-order valence-electron chi connectivity index (χ3n) is 6.19. The molecule has 0 bridgehead atoms. The largest absolute Gasteiger partial charge is 0.375 e. The Balaban J connectivity index is 1.71. The van der Waals surface area contributed by atoms with Crippen LogP contribution in [0.4, 0.5) is 0 Å². The average molecular weight is 331 g/mol. The first kappa shape index (κ1) is 13.1. The fraction of sp³-hybridized carbons (Fsp3) is 1.00. The van der Waals surface area contributed by atoms with Crippen molar-refractivity contribution in [3.05, 3.63) is 0 Å². The van der Waals surface area contributed by atoms with E-state index in [1.165, 1.54) is 6.42 Å². The highest BCUT2D eigenvalue weighted by atomic mass is 79.9. The van der Waals surface area contributed by atoms with E-state index < -0.39 is 0 Å². The van der Waals surface area contributed by atoms with Gasteiger partial charge < -0.3 is 14.2 Å². The van der Waals surface area contributed by atoms with Crippen LogP contribution in [0.2, 0.25) is 0 Å². The first-order valence-corrected chi connectivity index (χ1v) is 8.37. The maximum absolute atomic E-state index is 6.58. The Hall–Kier alpha value is 0.360. The second-order valence-corrected chi connectivity index (χ2v) is 8.72. The summed E-state index contributed by atoms with van der Waals surface area (Å²) in [6.07, 6.45) is 3.94. The van der Waals surface area contributed by atoms with Crippen LogP contribution in [0.5, 0.6) is 0 Å². The summed E-state index contributed by atoms with van der Waals surface area (Å²) in [5.41, 5.74) is 0.133. The lowest BCUT2D eigenvalue weighted by Crippen LogP contribution is -2.54. The maximum atomic E-state index is 6.58. The zero-order valence-electron chi connectivity index (χ0n) is 11.9. The van der Waals surface area contributed by atoms with E-state index in [9.17, 15) is 0 Å². The lowest BCUT2D eigenvalue weighted by Gasteiger charge is -2.53. The number of hydrogen-bond donors (Lipinski definition) is 0. The van der Waals surface area contributed by atoms with E-state index in [0.29, 0.717) is 23.5 Å². The molecule has 4 fully saturated rings. The van der Waals surface area contributed by atoms with Gasteiger partial charge in [0.2, 0.25) is 0 Å². The minimum absolute atomic E-state index is 0.0179. The molecular weight excluding hydrogens is 308 g/mol. The average Bonchev–Trinajstić information content (AvgIpc) is 2.92. The molecule has 4 aliphatic rings. The van der Waals surface area contributed by atoms with Crippen LogP contribution in [0.25, 0.3) is 0 Å². The molecule has 0 aromatic carbocycles. The third-order valence-corrected chi connectivity index (χ3v) is 7.83. The van der Waals surface area contributed by atoms with Gasteiger partial charge in [0.05, 0.1) is 24.9 Å². The van der Waals surface area contributed by atoms with E-state index in [1.54, 1.807) is 0 Å². The standard InChI is InChI=1S/C15H23BrO3/c1-13(2)9-6-11-15(19-11)8-17-7-12(15)18-14(9,3)5-4-10(13)16/h9-12H,4-8H2,1-3H3. The minimum atomic E-state index is -0.0990. The first-order chi connectivity index (χ1) is 8.88. The van der Waals surface area contributed by atoms with E-state index >= 15 is 0 Å². The predicted octanol–water partition coefficient (Wildman–Crippen LogP) is 2.90. The van der Waals surface area contributed by atoms with Crippen LogP contribution < -0.4 is 0 Å². The van der Waals surface area contributed by atoms with Crippen molar-refractivity contribution in [2.75, 3.05) is 13.2 Å². The Bertz CT molecular complexity index is 412. The smallest absolute Gasteiger partial charge is 0.146 e. The van der Waals surface area contributed by atoms with Gasteiger partial charge in [-0.15, -0.1) is 0 Å². The molecule has 6 unspecified atom stereocenters. The zero-order valence-corrected chi connectivity index (χ0v) is 13.5. The van der Waals surface area contributed by atoms with E-state index in [4.69, 9.17) is 14.2 Å². The van der Waals surface area contributed by atoms with E-state index in [1.807, 2.05) is 0 Å². The van der Waals surface area contributed by atoms with Crippen molar-refractivity contribution in [1.29, 1.82) is 0 Å². The minimum Gasteiger partial charge on any atom is -0.375 e. The van der Waals surface area contributed by atoms with Crippen LogP contribution >= 0.6 is 15.9 Å². The number of fused-ring (bicyclic) bond motifs is 1. The molecule has 1 spiro atoms. The summed E-state index contributed by atoms with van der Waals surface area (Å²) in [5.74, 6) is 0.549. The lowest BCUT2D eigenvalue weighted by molar-refractivity contribution is -0.171. The summed E-state index contributed by atoms with van der Waals surface area (Å²) < 4.78 is 18.2. The van der Waals surface area contributed by atoms with Crippen molar-refractivity contribution < 1.29 is 14.2 Å². The third kappa shape index (κ3) is 1.60. The highest BCUT2D eigenvalue weighted by Gasteiger charge is 2.71. The molecule has 6 atom stereocenters. The number of ether oxygens (including phenoxy) is 3. The molecule has 0 N–H and O–H groups in total. The van der Waals surface area contributed by atoms with Crippen molar-refractivity contribution >= 4 is 15.9 Å². The Morgan fingerprint density at radius 3 is 2.68 bits per heavy atom. The Morgan fingerprint density at radius 1 is 1.11 bits per heavy atom. The van der Waals surface area contributed by atoms with Gasteiger partial charge in [-0.05, 0) is 37.5 Å². The van der Waals surface area contributed by atoms with Gasteiger partial charge in [0.25, 0.3) is 0 Å². The SMILES string of the molecule is CC12CCC(Br)C(C)(C)C1CC1OC13COCC3O2. The number of hydrogen-bond acceptors (Lipinski definition) is 3. The van der Waals surface area contributed by atoms with Gasteiger partial charge in [0.15, 0.2) is 0 Å². The van der Waals surface area contributed by atoms with Gasteiger partial charge in [-0.2, -0.15) is 0 Å². The topological polar surface area (TPSA) is 31.0 Å². The fourth-order valence-corrected chi connectivity index (χ4v) is 5.33. The maximum Gasteiger partial charge on any atom is 0.146 e. The molecule has 19 heavy (non-hydrogen) atoms. The molecule has 0 aromatic heterocycles. The summed E-state index contributed by atoms with van der Waals surface area (Å²) in [4.78, 5) is 0.575. The van der Waals surface area contributed by atoms with Gasteiger partial charge >= 0.3 is 0 Å². The zero-order chi connectivity index (χ0) is 13.5. The molecule has 0 radical (unpaired) electrons. The normalized spacial score (nSPS) is 58.7. The number of epoxide rings is 1. The van der Waals surface area contributed by atoms with Crippen LogP contribution in [0, 0.1) is 11.3 Å². The van der Waals surface area contributed by atoms with Crippen LogP contribution in [0.3, 0.4) is 0 Å². The molecule has 108 valence electrons. The molecule has 4 rings (SSSR count). The molecule has 0 amide bonds. The van der Waals surface area contributed by atoms with Gasteiger partial charge in [-0.3, -0.25) is 0 Å². The lowest BCUT2D eigenvalue weighted by atomic mass is 9.60. The van der Waals surface area contributed by atoms with Crippen molar-refractivity contribution in [3.8, 4) is 0 Å². The van der Waals surface area contributed by atoms with Gasteiger partial charge in [0, 0.05) is 4.83 Å². The highest BCUT2D eigenvalue weighted by molar-refractivity contribution is 9.09. The summed E-state index contributed by atoms with van der Waals surface area (Å²) in [7, 11) is 0. The molecule has 0 aromatic rings. The summed E-state index contributed by atoms with van der Waals surface area (Å²) in [6, 6.07) is 0. The molecule has 3 heterocycles. The first-order valence-electron chi connectivity index (χ1n) is 7.46. The fourth-order valence-electron chi connectivity index (χ4n) is 4.78. The molecule has 4 heteroatoms. The van der Waals surface area contributed by atoms with Crippen molar-refractivity contribution in [2.24, 2.45) is 11.3 Å². The summed E-state index contributed by atoms with van der Waals surface area (Å²) in [6.45, 7) is 8.50. The second kappa shape index (κ2) is 3.76. The molecular formula is C15H23BrO3. The molecule has 3 saturated heterocycles. The Labute approximate surface area is 123 Å². The van der Waals surface area contributed by atoms with Crippen LogP contribution in [0.15, 0.2) is 0 Å². The number of halogens is 1. The molecule has 1 aliphatic carbocycles. The summed E-state index contributed by atoms with van der Waals surface area (Å²) >= 11 is 3.89. The quantitative estimate of drug-likeness (QED) is 0.505. The van der Waals surface area contributed by atoms with Gasteiger partial charge in [0.1, 0.15) is 11.7 Å². The van der Waals surface area contributed by atoms with Crippen molar-refractivity contribution in [1.82, 2.24) is 0 Å². The van der Waals surface area contributed by atoms with Gasteiger partial charge in [-0.1, -0.05) is 29.8 Å². The van der Waals surface area contributed by atoms with E-state index in [-0.39, 0.29) is 22.7 Å². The number of alkyl halides is 1. The van der Waals surface area contributed by atoms with E-state index in [0.717, 1.165) is 19.4 Å². The predicted molar refractivity (Wildman–Crippen MR) is 75.5 cm³/mol. The van der Waals surface area contributed by atoms with Crippen LogP contribution in [0.1, 0.15) is 40.0 Å². The monoisotopic (exact) mass is 330 g/mol. The van der Waals surface area contributed by atoms with E-state index in [2.05, 4.69) is 36.7 Å². The van der Waals surface area contributed by atoms with Crippen LogP contribution in [-0.2, 0) is 14.2 Å². The van der Waals surface area contributed by atoms with Gasteiger partial charge in [-0.25, -0.2) is 0 Å². The Morgan fingerprint density at radius 2 is 1.89 bits per heavy atom. The van der Waals surface area contributed by atoms with Crippen molar-refractivity contribution in [2.45, 2.75) is 68.3 Å². The second-order valence-electron chi connectivity index (χ2n) is 7.61. The Kier molecular flexibility index (Phi) is 2.58. The molecule has 1 saturated carbocycles. The van der Waals surface area contributed by atoms with Crippen molar-refractivity contribution in [3.63, 3.8) is 0 Å². The number of rotatable bonds is 0. The molecule has 3 nitrogen and oxygen atoms in total. The summed E-state index contributed by atoms with van der Waals surface area (Å²) in [5, 5.41) is 0.